The second-order valence-electron chi connectivity index (χ2n) is 3.60. The molecule has 0 bridgehead atoms. The molecule has 2 nitrogen and oxygen atoms in total. The normalized spacial score (nSPS) is 10.7. The van der Waals surface area contributed by atoms with Gasteiger partial charge in [-0.25, -0.2) is 9.97 Å². The van der Waals surface area contributed by atoms with E-state index in [4.69, 9.17) is 34.8 Å². The van der Waals surface area contributed by atoms with E-state index in [9.17, 15) is 0 Å². The van der Waals surface area contributed by atoms with Gasteiger partial charge < -0.3 is 0 Å². The SMILES string of the molecule is Cc1cc(Cl)nc(SCc2c(Cl)cccc2Cl)n1. The summed E-state index contributed by atoms with van der Waals surface area (Å²) in [4.78, 5) is 8.43. The van der Waals surface area contributed by atoms with E-state index >= 15 is 0 Å². The average molecular weight is 320 g/mol. The molecule has 2 rings (SSSR count). The first-order valence-corrected chi connectivity index (χ1v) is 7.25. The van der Waals surface area contributed by atoms with Crippen molar-refractivity contribution in [3.05, 3.63) is 50.7 Å². The second kappa shape index (κ2) is 6.11. The molecule has 1 heterocycles. The minimum Gasteiger partial charge on any atom is -0.228 e. The molecule has 0 aliphatic heterocycles. The number of aromatic nitrogens is 2. The van der Waals surface area contributed by atoms with E-state index in [1.807, 2.05) is 25.1 Å². The summed E-state index contributed by atoms with van der Waals surface area (Å²) >= 11 is 19.5. The van der Waals surface area contributed by atoms with Gasteiger partial charge in [0, 0.05) is 21.5 Å². The lowest BCUT2D eigenvalue weighted by atomic mass is 10.2. The van der Waals surface area contributed by atoms with Crippen LogP contribution in [-0.2, 0) is 5.75 Å². The quantitative estimate of drug-likeness (QED) is 0.450. The molecule has 0 aliphatic rings. The maximum Gasteiger partial charge on any atom is 0.189 e. The highest BCUT2D eigenvalue weighted by atomic mass is 35.5. The average Bonchev–Trinajstić information content (AvgIpc) is 2.27. The first kappa shape index (κ1) is 13.9. The third-order valence-corrected chi connectivity index (χ3v) is 3.99. The van der Waals surface area contributed by atoms with Gasteiger partial charge in [-0.2, -0.15) is 0 Å². The van der Waals surface area contributed by atoms with Gasteiger partial charge in [-0.3, -0.25) is 0 Å². The van der Waals surface area contributed by atoms with Gasteiger partial charge in [0.05, 0.1) is 0 Å². The standard InChI is InChI=1S/C12H9Cl3N2S/c1-7-5-11(15)17-12(16-7)18-6-8-9(13)3-2-4-10(8)14/h2-5H,6H2,1H3. The molecule has 0 spiro atoms. The number of rotatable bonds is 3. The molecule has 94 valence electrons. The van der Waals surface area contributed by atoms with Crippen molar-refractivity contribution in [2.24, 2.45) is 0 Å². The monoisotopic (exact) mass is 318 g/mol. The van der Waals surface area contributed by atoms with Crippen molar-refractivity contribution in [1.82, 2.24) is 9.97 Å². The molecule has 0 aliphatic carbocycles. The van der Waals surface area contributed by atoms with Gasteiger partial charge in [-0.05, 0) is 30.7 Å². The van der Waals surface area contributed by atoms with E-state index in [2.05, 4.69) is 9.97 Å². The van der Waals surface area contributed by atoms with Crippen molar-refractivity contribution in [2.45, 2.75) is 17.8 Å². The number of thioether (sulfide) groups is 1. The summed E-state index contributed by atoms with van der Waals surface area (Å²) in [5.74, 6) is 0.609. The Bertz CT molecular complexity index is 535. The Morgan fingerprint density at radius 2 is 1.78 bits per heavy atom. The summed E-state index contributed by atoms with van der Waals surface area (Å²) in [6.45, 7) is 1.88. The smallest absolute Gasteiger partial charge is 0.189 e. The maximum absolute atomic E-state index is 6.09. The summed E-state index contributed by atoms with van der Waals surface area (Å²) in [7, 11) is 0. The molecule has 6 heteroatoms. The van der Waals surface area contributed by atoms with Crippen LogP contribution in [0.4, 0.5) is 0 Å². The predicted octanol–water partition coefficient (Wildman–Crippen LogP) is 5.04. The summed E-state index contributed by atoms with van der Waals surface area (Å²) in [5.41, 5.74) is 1.72. The topological polar surface area (TPSA) is 25.8 Å². The molecular formula is C12H9Cl3N2S. The minimum atomic E-state index is 0.440. The fourth-order valence-electron chi connectivity index (χ4n) is 1.38. The first-order chi connectivity index (χ1) is 8.56. The Morgan fingerprint density at radius 3 is 2.39 bits per heavy atom. The maximum atomic E-state index is 6.09. The Labute approximate surface area is 125 Å². The summed E-state index contributed by atoms with van der Waals surface area (Å²) in [6, 6.07) is 7.16. The molecule has 0 N–H and O–H groups in total. The van der Waals surface area contributed by atoms with Crippen molar-refractivity contribution >= 4 is 46.6 Å². The molecule has 0 fully saturated rings. The van der Waals surface area contributed by atoms with Crippen LogP contribution < -0.4 is 0 Å². The molecule has 0 radical (unpaired) electrons. The van der Waals surface area contributed by atoms with Crippen LogP contribution in [0.3, 0.4) is 0 Å². The van der Waals surface area contributed by atoms with Crippen molar-refractivity contribution in [1.29, 1.82) is 0 Å². The molecular weight excluding hydrogens is 311 g/mol. The van der Waals surface area contributed by atoms with Crippen LogP contribution in [0, 0.1) is 6.92 Å². The van der Waals surface area contributed by atoms with Gasteiger partial charge in [-0.15, -0.1) is 0 Å². The van der Waals surface area contributed by atoms with Crippen LogP contribution >= 0.6 is 46.6 Å². The largest absolute Gasteiger partial charge is 0.228 e. The van der Waals surface area contributed by atoms with Crippen LogP contribution in [0.2, 0.25) is 15.2 Å². The van der Waals surface area contributed by atoms with Crippen molar-refractivity contribution in [2.75, 3.05) is 0 Å². The zero-order chi connectivity index (χ0) is 13.1. The van der Waals surface area contributed by atoms with Gasteiger partial charge in [0.25, 0.3) is 0 Å². The van der Waals surface area contributed by atoms with Crippen LogP contribution in [0.15, 0.2) is 29.4 Å². The number of benzene rings is 1. The molecule has 0 saturated carbocycles. The van der Waals surface area contributed by atoms with E-state index in [-0.39, 0.29) is 0 Å². The third-order valence-electron chi connectivity index (χ3n) is 2.21. The molecule has 1 aromatic heterocycles. The summed E-state index contributed by atoms with van der Waals surface area (Å²) in [6.07, 6.45) is 0. The fourth-order valence-corrected chi connectivity index (χ4v) is 3.31. The Hall–Kier alpha value is -0.480. The highest BCUT2D eigenvalue weighted by molar-refractivity contribution is 7.98. The number of hydrogen-bond donors (Lipinski definition) is 0. The van der Waals surface area contributed by atoms with Gasteiger partial charge in [0.15, 0.2) is 5.16 Å². The van der Waals surface area contributed by atoms with E-state index in [1.165, 1.54) is 11.8 Å². The van der Waals surface area contributed by atoms with Crippen LogP contribution in [0.25, 0.3) is 0 Å². The van der Waals surface area contributed by atoms with E-state index in [1.54, 1.807) is 6.07 Å². The fraction of sp³-hybridized carbons (Fsp3) is 0.167. The number of hydrogen-bond acceptors (Lipinski definition) is 3. The third kappa shape index (κ3) is 3.51. The Balaban J connectivity index is 2.16. The van der Waals surface area contributed by atoms with Crippen LogP contribution in [-0.4, -0.2) is 9.97 Å². The second-order valence-corrected chi connectivity index (χ2v) is 5.75. The lowest BCUT2D eigenvalue weighted by Crippen LogP contribution is -1.92. The van der Waals surface area contributed by atoms with Gasteiger partial charge in [-0.1, -0.05) is 52.6 Å². The van der Waals surface area contributed by atoms with E-state index in [0.29, 0.717) is 26.1 Å². The lowest BCUT2D eigenvalue weighted by Gasteiger charge is -2.06. The van der Waals surface area contributed by atoms with Crippen LogP contribution in [0.5, 0.6) is 0 Å². The van der Waals surface area contributed by atoms with Crippen molar-refractivity contribution in [3.8, 4) is 0 Å². The number of halogens is 3. The minimum absolute atomic E-state index is 0.440. The molecule has 18 heavy (non-hydrogen) atoms. The molecule has 0 saturated heterocycles. The molecule has 0 amide bonds. The first-order valence-electron chi connectivity index (χ1n) is 5.13. The Kier molecular flexibility index (Phi) is 4.73. The number of nitrogens with zero attached hydrogens (tertiary/aromatic N) is 2. The summed E-state index contributed by atoms with van der Waals surface area (Å²) in [5, 5.41) is 2.36. The molecule has 2 aromatic rings. The number of aryl methyl sites for hydroxylation is 1. The lowest BCUT2D eigenvalue weighted by molar-refractivity contribution is 0.932. The van der Waals surface area contributed by atoms with Gasteiger partial charge in [0.2, 0.25) is 0 Å². The van der Waals surface area contributed by atoms with Crippen molar-refractivity contribution < 1.29 is 0 Å². The molecule has 0 unspecified atom stereocenters. The highest BCUT2D eigenvalue weighted by Crippen LogP contribution is 2.30. The van der Waals surface area contributed by atoms with E-state index < -0.39 is 0 Å². The van der Waals surface area contributed by atoms with Crippen molar-refractivity contribution in [3.63, 3.8) is 0 Å². The van der Waals surface area contributed by atoms with Gasteiger partial charge >= 0.3 is 0 Å². The van der Waals surface area contributed by atoms with Crippen LogP contribution in [0.1, 0.15) is 11.3 Å². The predicted molar refractivity (Wildman–Crippen MR) is 77.8 cm³/mol. The van der Waals surface area contributed by atoms with Gasteiger partial charge in [0.1, 0.15) is 5.15 Å². The Morgan fingerprint density at radius 1 is 1.11 bits per heavy atom. The summed E-state index contributed by atoms with van der Waals surface area (Å²) < 4.78 is 0. The molecule has 1 aromatic carbocycles. The zero-order valence-electron chi connectivity index (χ0n) is 9.45. The molecule has 0 atom stereocenters. The zero-order valence-corrected chi connectivity index (χ0v) is 12.5. The van der Waals surface area contributed by atoms with E-state index in [0.717, 1.165) is 11.3 Å². The highest BCUT2D eigenvalue weighted by Gasteiger charge is 2.08.